The van der Waals surface area contributed by atoms with Crippen molar-refractivity contribution in [1.29, 1.82) is 0 Å². The highest BCUT2D eigenvalue weighted by Crippen LogP contribution is 2.41. The van der Waals surface area contributed by atoms with Crippen LogP contribution >= 0.6 is 0 Å². The van der Waals surface area contributed by atoms with E-state index >= 15 is 0 Å². The Morgan fingerprint density at radius 3 is 1.01 bits per heavy atom. The van der Waals surface area contributed by atoms with Gasteiger partial charge in [0.2, 0.25) is 11.8 Å². The molecule has 2 unspecified atom stereocenters. The lowest BCUT2D eigenvalue weighted by molar-refractivity contribution is 0.619. The van der Waals surface area contributed by atoms with Crippen molar-refractivity contribution in [2.24, 2.45) is 0 Å². The summed E-state index contributed by atoms with van der Waals surface area (Å²) < 4.78 is 12.5. The van der Waals surface area contributed by atoms with Crippen molar-refractivity contribution in [2.75, 3.05) is 9.80 Å². The van der Waals surface area contributed by atoms with Crippen LogP contribution in [0.3, 0.4) is 0 Å². The third-order valence-corrected chi connectivity index (χ3v) is 14.3. The molecular weight excluding hydrogens is 909 g/mol. The fraction of sp³-hybridized carbons (Fsp3) is 0.121. The van der Waals surface area contributed by atoms with Gasteiger partial charge in [0, 0.05) is 56.4 Å². The summed E-state index contributed by atoms with van der Waals surface area (Å²) in [5, 5.41) is 0. The van der Waals surface area contributed by atoms with Crippen LogP contribution in [0.25, 0.3) is 78.7 Å². The van der Waals surface area contributed by atoms with E-state index in [1.807, 2.05) is 48.5 Å². The van der Waals surface area contributed by atoms with Gasteiger partial charge in [0.1, 0.15) is 11.0 Å². The fourth-order valence-electron chi connectivity index (χ4n) is 9.71. The van der Waals surface area contributed by atoms with E-state index in [2.05, 4.69) is 207 Å². The largest absolute Gasteiger partial charge is 0.436 e. The second kappa shape index (κ2) is 19.8. The number of oxazole rings is 2. The van der Waals surface area contributed by atoms with Crippen LogP contribution in [0.1, 0.15) is 63.5 Å². The summed E-state index contributed by atoms with van der Waals surface area (Å²) in [6.07, 6.45) is 2.15. The Morgan fingerprint density at radius 2 is 0.662 bits per heavy atom. The monoisotopic (exact) mass is 962 g/mol. The molecule has 9 aromatic carbocycles. The second-order valence-electron chi connectivity index (χ2n) is 19.0. The molecule has 3 aromatic heterocycles. The van der Waals surface area contributed by atoms with E-state index < -0.39 is 0 Å². The van der Waals surface area contributed by atoms with E-state index in [1.54, 1.807) is 0 Å². The van der Waals surface area contributed by atoms with Crippen LogP contribution in [0.4, 0.5) is 34.1 Å². The molecule has 74 heavy (non-hydrogen) atoms. The Morgan fingerprint density at radius 1 is 0.338 bits per heavy atom. The molecule has 8 heteroatoms. The van der Waals surface area contributed by atoms with Crippen molar-refractivity contribution in [3.05, 3.63) is 230 Å². The lowest BCUT2D eigenvalue weighted by Gasteiger charge is -2.26. The van der Waals surface area contributed by atoms with Crippen molar-refractivity contribution in [3.63, 3.8) is 0 Å². The summed E-state index contributed by atoms with van der Waals surface area (Å²) in [7, 11) is 0. The first-order valence-electron chi connectivity index (χ1n) is 25.6. The molecule has 0 bridgehead atoms. The first kappa shape index (κ1) is 46.0. The maximum Gasteiger partial charge on any atom is 0.227 e. The molecule has 0 aliphatic heterocycles. The Kier molecular flexibility index (Phi) is 12.3. The van der Waals surface area contributed by atoms with Crippen LogP contribution in [0.5, 0.6) is 0 Å². The van der Waals surface area contributed by atoms with E-state index in [-0.39, 0.29) is 0 Å². The zero-order chi connectivity index (χ0) is 50.1. The maximum absolute atomic E-state index is 6.26. The molecule has 0 saturated carbocycles. The Hall–Kier alpha value is -9.14. The minimum Gasteiger partial charge on any atom is -0.436 e. The highest BCUT2D eigenvalue weighted by Gasteiger charge is 2.20. The number of hydrogen-bond donors (Lipinski definition) is 0. The zero-order valence-corrected chi connectivity index (χ0v) is 41.9. The number of para-hydroxylation sites is 4. The highest BCUT2D eigenvalue weighted by molar-refractivity contribution is 5.89. The number of aromatic nitrogens is 4. The van der Waals surface area contributed by atoms with Gasteiger partial charge in [0.15, 0.2) is 11.2 Å². The number of nitrogens with zero attached hydrogens (tertiary/aromatic N) is 6. The van der Waals surface area contributed by atoms with Crippen LogP contribution in [-0.2, 0) is 0 Å². The predicted octanol–water partition coefficient (Wildman–Crippen LogP) is 18.5. The summed E-state index contributed by atoms with van der Waals surface area (Å²) in [5.74, 6) is 2.14. The molecule has 0 aliphatic carbocycles. The molecule has 0 amide bonds. The average Bonchev–Trinajstić information content (AvgIpc) is 4.11. The van der Waals surface area contributed by atoms with Crippen LogP contribution in [-0.4, -0.2) is 19.9 Å². The summed E-state index contributed by atoms with van der Waals surface area (Å²) in [5.41, 5.74) is 19.0. The minimum atomic E-state index is 0.462. The molecule has 12 rings (SSSR count). The van der Waals surface area contributed by atoms with Gasteiger partial charge in [0.05, 0.1) is 22.4 Å². The van der Waals surface area contributed by atoms with E-state index in [4.69, 9.17) is 28.8 Å². The summed E-state index contributed by atoms with van der Waals surface area (Å²) >= 11 is 0. The quantitative estimate of drug-likeness (QED) is 0.107. The molecular formula is C66H54N6O2. The third-order valence-electron chi connectivity index (χ3n) is 14.3. The molecule has 2 atom stereocenters. The van der Waals surface area contributed by atoms with E-state index in [0.717, 1.165) is 114 Å². The van der Waals surface area contributed by atoms with Gasteiger partial charge in [-0.05, 0) is 169 Å². The van der Waals surface area contributed by atoms with Gasteiger partial charge in [-0.3, -0.25) is 0 Å². The SMILES string of the molecule is CCC(C)c1ccc2oc(-c3ccc(N(c4ccccc4)c4ccc(-c5nc6ccccc6nc5-c5ccc(N(c6ccccc6)c6ccc(-c7nc8cc(C(C)CC)ccc8o7)cc6)cc5)cc4)cc3)nc2c1. The Labute approximate surface area is 431 Å². The van der Waals surface area contributed by atoms with Gasteiger partial charge in [-0.15, -0.1) is 0 Å². The fourth-order valence-corrected chi connectivity index (χ4v) is 9.71. The van der Waals surface area contributed by atoms with E-state index in [0.29, 0.717) is 23.6 Å². The molecule has 0 saturated heterocycles. The Bertz CT molecular complexity index is 3630. The lowest BCUT2D eigenvalue weighted by atomic mass is 9.98. The van der Waals surface area contributed by atoms with E-state index in [9.17, 15) is 0 Å². The molecule has 0 N–H and O–H groups in total. The molecule has 0 aliphatic rings. The summed E-state index contributed by atoms with van der Waals surface area (Å²) in [6.45, 7) is 8.91. The number of hydrogen-bond acceptors (Lipinski definition) is 8. The maximum atomic E-state index is 6.26. The third kappa shape index (κ3) is 8.96. The molecule has 3 heterocycles. The smallest absolute Gasteiger partial charge is 0.227 e. The second-order valence-corrected chi connectivity index (χ2v) is 19.0. The number of anilines is 6. The van der Waals surface area contributed by atoms with Crippen LogP contribution in [0.15, 0.2) is 227 Å². The zero-order valence-electron chi connectivity index (χ0n) is 41.9. The molecule has 0 radical (unpaired) electrons. The van der Waals surface area contributed by atoms with Crippen molar-refractivity contribution in [3.8, 4) is 45.4 Å². The van der Waals surface area contributed by atoms with Crippen molar-refractivity contribution >= 4 is 67.4 Å². The van der Waals surface area contributed by atoms with Crippen LogP contribution in [0.2, 0.25) is 0 Å². The van der Waals surface area contributed by atoms with Gasteiger partial charge >= 0.3 is 0 Å². The lowest BCUT2D eigenvalue weighted by Crippen LogP contribution is -2.10. The molecule has 360 valence electrons. The molecule has 0 fully saturated rings. The summed E-state index contributed by atoms with van der Waals surface area (Å²) in [6, 6.07) is 75.7. The standard InChI is InChI=1S/C66H54N6O2/c1-5-43(3)49-29-39-61-59(41-49)69-65(73-61)47-25-35-55(36-26-47)71(51-15-9-7-10-16-51)53-31-21-45(22-32-53)63-64(68-58-20-14-13-19-57(58)67-63)46-23-33-54(34-24-46)72(52-17-11-8-12-18-52)56-37-27-48(28-38-56)66-70-60-42-50(44(4)6-2)30-40-62(60)74-66/h7-44H,5-6H2,1-4H3. The Balaban J connectivity index is 0.855. The van der Waals surface area contributed by atoms with Crippen LogP contribution < -0.4 is 9.80 Å². The number of rotatable bonds is 14. The normalized spacial score (nSPS) is 12.3. The van der Waals surface area contributed by atoms with Gasteiger partial charge in [0.25, 0.3) is 0 Å². The number of benzene rings is 9. The van der Waals surface area contributed by atoms with Crippen LogP contribution in [0, 0.1) is 0 Å². The van der Waals surface area contributed by atoms with Crippen molar-refractivity contribution in [1.82, 2.24) is 19.9 Å². The summed E-state index contributed by atoms with van der Waals surface area (Å²) in [4.78, 5) is 24.9. The number of fused-ring (bicyclic) bond motifs is 3. The van der Waals surface area contributed by atoms with Gasteiger partial charge in [-0.2, -0.15) is 0 Å². The molecule has 8 nitrogen and oxygen atoms in total. The van der Waals surface area contributed by atoms with Gasteiger partial charge in [-0.25, -0.2) is 19.9 Å². The van der Waals surface area contributed by atoms with Crippen molar-refractivity contribution in [2.45, 2.75) is 52.4 Å². The van der Waals surface area contributed by atoms with E-state index in [1.165, 1.54) is 11.1 Å². The first-order valence-corrected chi connectivity index (χ1v) is 25.6. The first-order chi connectivity index (χ1) is 36.4. The average molecular weight is 963 g/mol. The van der Waals surface area contributed by atoms with Gasteiger partial charge < -0.3 is 18.6 Å². The molecule has 12 aromatic rings. The van der Waals surface area contributed by atoms with Crippen molar-refractivity contribution < 1.29 is 8.83 Å². The topological polar surface area (TPSA) is 84.3 Å². The van der Waals surface area contributed by atoms with Gasteiger partial charge in [-0.1, -0.05) is 113 Å². The minimum absolute atomic E-state index is 0.462. The molecule has 0 spiro atoms. The highest BCUT2D eigenvalue weighted by atomic mass is 16.4. The predicted molar refractivity (Wildman–Crippen MR) is 303 cm³/mol.